The summed E-state index contributed by atoms with van der Waals surface area (Å²) >= 11 is 0. The van der Waals surface area contributed by atoms with Crippen LogP contribution in [-0.2, 0) is 6.54 Å². The number of ether oxygens (including phenoxy) is 1. The average Bonchev–Trinajstić information content (AvgIpc) is 2.47. The van der Waals surface area contributed by atoms with Gasteiger partial charge in [0.05, 0.1) is 7.11 Å². The van der Waals surface area contributed by atoms with Gasteiger partial charge in [-0.3, -0.25) is 0 Å². The van der Waals surface area contributed by atoms with Crippen LogP contribution in [0.1, 0.15) is 36.3 Å². The van der Waals surface area contributed by atoms with Crippen LogP contribution in [0.4, 0.5) is 0 Å². The Morgan fingerprint density at radius 1 is 1.10 bits per heavy atom. The van der Waals surface area contributed by atoms with E-state index in [4.69, 9.17) is 4.74 Å². The van der Waals surface area contributed by atoms with E-state index >= 15 is 0 Å². The molecule has 110 valence electrons. The lowest BCUT2D eigenvalue weighted by Gasteiger charge is -2.28. The van der Waals surface area contributed by atoms with Gasteiger partial charge in [0.15, 0.2) is 0 Å². The Hall–Kier alpha value is -1.80. The van der Waals surface area contributed by atoms with Crippen LogP contribution in [0.5, 0.6) is 5.75 Å². The monoisotopic (exact) mass is 281 g/mol. The van der Waals surface area contributed by atoms with Crippen molar-refractivity contribution in [3.05, 3.63) is 53.6 Å². The number of hydrogen-bond acceptors (Lipinski definition) is 2. The number of rotatable bonds is 5. The van der Waals surface area contributed by atoms with E-state index in [1.807, 2.05) is 7.05 Å². The molecule has 1 saturated carbocycles. The van der Waals surface area contributed by atoms with Gasteiger partial charge in [0.25, 0.3) is 0 Å². The fourth-order valence-corrected chi connectivity index (χ4v) is 3.11. The molecule has 0 heterocycles. The van der Waals surface area contributed by atoms with Crippen LogP contribution in [0.15, 0.2) is 42.5 Å². The Morgan fingerprint density at radius 3 is 2.57 bits per heavy atom. The minimum absolute atomic E-state index is 0.741. The quantitative estimate of drug-likeness (QED) is 0.879. The highest BCUT2D eigenvalue weighted by Gasteiger charge is 2.23. The Kier molecular flexibility index (Phi) is 4.26. The van der Waals surface area contributed by atoms with Crippen LogP contribution < -0.4 is 10.1 Å². The van der Waals surface area contributed by atoms with E-state index in [2.05, 4.69) is 47.8 Å². The molecule has 1 N–H and O–H groups in total. The number of methoxy groups -OCH3 is 1. The van der Waals surface area contributed by atoms with E-state index < -0.39 is 0 Å². The van der Waals surface area contributed by atoms with Crippen molar-refractivity contribution in [1.29, 1.82) is 0 Å². The van der Waals surface area contributed by atoms with Crippen LogP contribution in [0.25, 0.3) is 11.1 Å². The fraction of sp³-hybridized carbons (Fsp3) is 0.368. The third-order valence-corrected chi connectivity index (χ3v) is 4.48. The minimum atomic E-state index is 0.741. The summed E-state index contributed by atoms with van der Waals surface area (Å²) in [6.45, 7) is 0.853. The van der Waals surface area contributed by atoms with Gasteiger partial charge in [0, 0.05) is 6.54 Å². The van der Waals surface area contributed by atoms with E-state index in [1.165, 1.54) is 41.5 Å². The number of benzene rings is 2. The first kappa shape index (κ1) is 14.2. The standard InChI is InChI=1S/C19H23NO/c1-20-13-15-12-16(21-2)10-11-18(15)19-9-4-3-8-17(19)14-6-5-7-14/h3-4,8-12,14,20H,5-7,13H2,1-2H3. The van der Waals surface area contributed by atoms with E-state index in [9.17, 15) is 0 Å². The highest BCUT2D eigenvalue weighted by Crippen LogP contribution is 2.42. The number of nitrogens with one attached hydrogen (secondary N) is 1. The SMILES string of the molecule is CNCc1cc(OC)ccc1-c1ccccc1C1CCC1. The first-order valence-corrected chi connectivity index (χ1v) is 7.74. The van der Waals surface area contributed by atoms with Gasteiger partial charge in [-0.1, -0.05) is 36.8 Å². The van der Waals surface area contributed by atoms with Crippen molar-refractivity contribution in [2.75, 3.05) is 14.2 Å². The second kappa shape index (κ2) is 6.31. The highest BCUT2D eigenvalue weighted by molar-refractivity contribution is 5.72. The predicted molar refractivity (Wildman–Crippen MR) is 87.8 cm³/mol. The molecule has 0 radical (unpaired) electrons. The van der Waals surface area contributed by atoms with Crippen LogP contribution >= 0.6 is 0 Å². The van der Waals surface area contributed by atoms with Gasteiger partial charge in [-0.2, -0.15) is 0 Å². The Balaban J connectivity index is 2.07. The molecule has 0 spiro atoms. The highest BCUT2D eigenvalue weighted by atomic mass is 16.5. The minimum Gasteiger partial charge on any atom is -0.497 e. The van der Waals surface area contributed by atoms with Gasteiger partial charge < -0.3 is 10.1 Å². The first-order chi connectivity index (χ1) is 10.3. The van der Waals surface area contributed by atoms with E-state index in [0.717, 1.165) is 18.2 Å². The molecule has 1 fully saturated rings. The van der Waals surface area contributed by atoms with Crippen LogP contribution in [0, 0.1) is 0 Å². The largest absolute Gasteiger partial charge is 0.497 e. The lowest BCUT2D eigenvalue weighted by molar-refractivity contribution is 0.414. The van der Waals surface area contributed by atoms with Crippen LogP contribution in [0.2, 0.25) is 0 Å². The molecule has 0 unspecified atom stereocenters. The third kappa shape index (κ3) is 2.81. The zero-order valence-corrected chi connectivity index (χ0v) is 12.9. The molecule has 2 aromatic carbocycles. The van der Waals surface area contributed by atoms with Crippen molar-refractivity contribution in [3.63, 3.8) is 0 Å². The summed E-state index contributed by atoms with van der Waals surface area (Å²) in [5, 5.41) is 3.27. The lowest BCUT2D eigenvalue weighted by atomic mass is 9.77. The molecule has 3 rings (SSSR count). The van der Waals surface area contributed by atoms with E-state index in [-0.39, 0.29) is 0 Å². The van der Waals surface area contributed by atoms with Gasteiger partial charge in [-0.25, -0.2) is 0 Å². The smallest absolute Gasteiger partial charge is 0.119 e. The van der Waals surface area contributed by atoms with Crippen molar-refractivity contribution in [2.45, 2.75) is 31.7 Å². The molecular weight excluding hydrogens is 258 g/mol. The van der Waals surface area contributed by atoms with Crippen molar-refractivity contribution in [2.24, 2.45) is 0 Å². The van der Waals surface area contributed by atoms with Gasteiger partial charge in [-0.05, 0) is 60.2 Å². The molecular formula is C19H23NO. The lowest BCUT2D eigenvalue weighted by Crippen LogP contribution is -2.11. The summed E-state index contributed by atoms with van der Waals surface area (Å²) in [7, 11) is 3.71. The predicted octanol–water partition coefficient (Wildman–Crippen LogP) is 4.35. The Labute approximate surface area is 127 Å². The molecule has 2 nitrogen and oxygen atoms in total. The maximum atomic E-state index is 5.37. The van der Waals surface area contributed by atoms with Gasteiger partial charge in [0.2, 0.25) is 0 Å². The van der Waals surface area contributed by atoms with Crippen LogP contribution in [0.3, 0.4) is 0 Å². The van der Waals surface area contributed by atoms with Crippen molar-refractivity contribution in [3.8, 4) is 16.9 Å². The van der Waals surface area contributed by atoms with Crippen molar-refractivity contribution < 1.29 is 4.74 Å². The normalized spacial score (nSPS) is 14.8. The molecule has 1 aliphatic carbocycles. The number of hydrogen-bond donors (Lipinski definition) is 1. The first-order valence-electron chi connectivity index (χ1n) is 7.74. The van der Waals surface area contributed by atoms with Gasteiger partial charge in [0.1, 0.15) is 5.75 Å². The van der Waals surface area contributed by atoms with Crippen molar-refractivity contribution in [1.82, 2.24) is 5.32 Å². The Morgan fingerprint density at radius 2 is 1.90 bits per heavy atom. The third-order valence-electron chi connectivity index (χ3n) is 4.48. The molecule has 0 amide bonds. The van der Waals surface area contributed by atoms with E-state index in [1.54, 1.807) is 7.11 Å². The molecule has 0 saturated heterocycles. The molecule has 2 heteroatoms. The van der Waals surface area contributed by atoms with Crippen molar-refractivity contribution >= 4 is 0 Å². The fourth-order valence-electron chi connectivity index (χ4n) is 3.11. The van der Waals surface area contributed by atoms with Gasteiger partial charge in [-0.15, -0.1) is 0 Å². The molecule has 0 atom stereocenters. The maximum absolute atomic E-state index is 5.37. The second-order valence-electron chi connectivity index (χ2n) is 5.77. The molecule has 0 aromatic heterocycles. The molecule has 1 aliphatic rings. The second-order valence-corrected chi connectivity index (χ2v) is 5.77. The average molecular weight is 281 g/mol. The topological polar surface area (TPSA) is 21.3 Å². The summed E-state index contributed by atoms with van der Waals surface area (Å²) in [6.07, 6.45) is 4.02. The van der Waals surface area contributed by atoms with Crippen LogP contribution in [-0.4, -0.2) is 14.2 Å². The maximum Gasteiger partial charge on any atom is 0.119 e. The Bertz CT molecular complexity index is 617. The summed E-state index contributed by atoms with van der Waals surface area (Å²) in [5.41, 5.74) is 5.51. The zero-order chi connectivity index (χ0) is 14.7. The molecule has 2 aromatic rings. The molecule has 0 aliphatic heterocycles. The molecule has 0 bridgehead atoms. The summed E-state index contributed by atoms with van der Waals surface area (Å²) in [6, 6.07) is 15.3. The van der Waals surface area contributed by atoms with E-state index in [0.29, 0.717) is 0 Å². The zero-order valence-electron chi connectivity index (χ0n) is 12.9. The van der Waals surface area contributed by atoms with Gasteiger partial charge >= 0.3 is 0 Å². The summed E-state index contributed by atoms with van der Waals surface area (Å²) in [5.74, 6) is 1.66. The summed E-state index contributed by atoms with van der Waals surface area (Å²) in [4.78, 5) is 0. The molecule has 21 heavy (non-hydrogen) atoms. The summed E-state index contributed by atoms with van der Waals surface area (Å²) < 4.78 is 5.37.